The van der Waals surface area contributed by atoms with Crippen LogP contribution in [0.25, 0.3) is 0 Å². The first-order valence-corrected chi connectivity index (χ1v) is 11.9. The fraction of sp³-hybridized carbons (Fsp3) is 0.577. The van der Waals surface area contributed by atoms with Crippen LogP contribution < -0.4 is 16.0 Å². The third kappa shape index (κ3) is 6.62. The number of allylic oxidation sites excluding steroid dienone is 3. The molecule has 7 heteroatoms. The number of anilines is 1. The lowest BCUT2D eigenvalue weighted by molar-refractivity contribution is -0.137. The van der Waals surface area contributed by atoms with Crippen LogP contribution in [-0.4, -0.2) is 32.1 Å². The van der Waals surface area contributed by atoms with E-state index in [-0.39, 0.29) is 23.8 Å². The van der Waals surface area contributed by atoms with Gasteiger partial charge in [0.2, 0.25) is 5.91 Å². The molecule has 33 heavy (non-hydrogen) atoms. The molecule has 0 aromatic heterocycles. The molecule has 4 nitrogen and oxygen atoms in total. The van der Waals surface area contributed by atoms with E-state index in [0.717, 1.165) is 30.5 Å². The minimum absolute atomic E-state index is 0.00489. The van der Waals surface area contributed by atoms with Crippen molar-refractivity contribution in [3.63, 3.8) is 0 Å². The maximum Gasteiger partial charge on any atom is 0.416 e. The second-order valence-corrected chi connectivity index (χ2v) is 9.48. The number of amides is 1. The third-order valence-corrected chi connectivity index (χ3v) is 7.01. The Morgan fingerprint density at radius 3 is 2.73 bits per heavy atom. The summed E-state index contributed by atoms with van der Waals surface area (Å²) < 4.78 is 40.1. The molecule has 182 valence electrons. The van der Waals surface area contributed by atoms with Crippen molar-refractivity contribution in [2.75, 3.05) is 25.5 Å². The van der Waals surface area contributed by atoms with Crippen molar-refractivity contribution >= 4 is 11.6 Å². The van der Waals surface area contributed by atoms with Gasteiger partial charge in [-0.3, -0.25) is 4.79 Å². The molecular weight excluding hydrogens is 427 g/mol. The van der Waals surface area contributed by atoms with Gasteiger partial charge in [0.1, 0.15) is 0 Å². The number of alkyl halides is 3. The van der Waals surface area contributed by atoms with E-state index in [1.807, 2.05) is 13.1 Å². The number of hydrogen-bond acceptors (Lipinski definition) is 3. The van der Waals surface area contributed by atoms with Gasteiger partial charge in [0.05, 0.1) is 5.56 Å². The third-order valence-electron chi connectivity index (χ3n) is 7.01. The normalized spacial score (nSPS) is 25.3. The van der Waals surface area contributed by atoms with Crippen molar-refractivity contribution in [2.24, 2.45) is 17.8 Å². The van der Waals surface area contributed by atoms with Gasteiger partial charge in [0.25, 0.3) is 0 Å². The molecule has 0 fully saturated rings. The van der Waals surface area contributed by atoms with Crippen LogP contribution in [0.15, 0.2) is 42.5 Å². The van der Waals surface area contributed by atoms with Gasteiger partial charge >= 0.3 is 6.18 Å². The predicted molar refractivity (Wildman–Crippen MR) is 127 cm³/mol. The summed E-state index contributed by atoms with van der Waals surface area (Å²) in [6.45, 7) is 5.44. The molecule has 5 atom stereocenters. The second-order valence-electron chi connectivity index (χ2n) is 9.48. The molecule has 1 aliphatic carbocycles. The van der Waals surface area contributed by atoms with Gasteiger partial charge in [-0.05, 0) is 67.8 Å². The van der Waals surface area contributed by atoms with Crippen molar-refractivity contribution in [3.05, 3.63) is 53.6 Å². The Morgan fingerprint density at radius 2 is 2.06 bits per heavy atom. The quantitative estimate of drug-likeness (QED) is 0.454. The summed E-state index contributed by atoms with van der Waals surface area (Å²) in [7, 11) is 1.82. The van der Waals surface area contributed by atoms with Crippen LogP contribution in [0.3, 0.4) is 0 Å². The number of rotatable bonds is 9. The Morgan fingerprint density at radius 1 is 1.27 bits per heavy atom. The molecule has 1 aliphatic heterocycles. The molecule has 1 amide bonds. The van der Waals surface area contributed by atoms with Crippen molar-refractivity contribution in [2.45, 2.75) is 57.7 Å². The highest BCUT2D eigenvalue weighted by Crippen LogP contribution is 2.45. The summed E-state index contributed by atoms with van der Waals surface area (Å²) in [5.74, 6) is 0.833. The van der Waals surface area contributed by atoms with Gasteiger partial charge < -0.3 is 16.0 Å². The number of benzene rings is 1. The first kappa shape index (κ1) is 25.3. The van der Waals surface area contributed by atoms with E-state index in [4.69, 9.17) is 0 Å². The van der Waals surface area contributed by atoms with Crippen molar-refractivity contribution in [3.8, 4) is 0 Å². The van der Waals surface area contributed by atoms with E-state index in [1.165, 1.54) is 12.1 Å². The van der Waals surface area contributed by atoms with Crippen LogP contribution >= 0.6 is 0 Å². The van der Waals surface area contributed by atoms with Crippen LogP contribution in [0.1, 0.15) is 56.6 Å². The van der Waals surface area contributed by atoms with Gasteiger partial charge in [0.15, 0.2) is 0 Å². The largest absolute Gasteiger partial charge is 0.416 e. The molecule has 0 radical (unpaired) electrons. The van der Waals surface area contributed by atoms with Gasteiger partial charge in [-0.2, -0.15) is 13.2 Å². The molecule has 1 unspecified atom stereocenters. The fourth-order valence-corrected chi connectivity index (χ4v) is 4.99. The monoisotopic (exact) mass is 463 g/mol. The molecular formula is C26H36F3N3O. The van der Waals surface area contributed by atoms with Crippen LogP contribution in [-0.2, 0) is 11.0 Å². The molecule has 0 spiro atoms. The van der Waals surface area contributed by atoms with Crippen LogP contribution in [0, 0.1) is 17.8 Å². The van der Waals surface area contributed by atoms with Crippen LogP contribution in [0.2, 0.25) is 0 Å². The molecule has 1 heterocycles. The number of carbonyl (C=O) groups is 1. The summed E-state index contributed by atoms with van der Waals surface area (Å²) in [4.78, 5) is 11.9. The van der Waals surface area contributed by atoms with E-state index in [0.29, 0.717) is 31.3 Å². The zero-order chi connectivity index (χ0) is 24.0. The van der Waals surface area contributed by atoms with Crippen molar-refractivity contribution in [1.29, 1.82) is 0 Å². The SMILES string of the molecule is CNCCC(=O)NC[C@H](C)CC[C@@H]1[C@H](C)c2cc(C(F)(F)F)ccc2N[C@H]1C1C=CC=CC1. The molecule has 3 N–H and O–H groups in total. The molecule has 0 saturated carbocycles. The second kappa shape index (κ2) is 11.2. The minimum atomic E-state index is -4.35. The van der Waals surface area contributed by atoms with Crippen molar-refractivity contribution < 1.29 is 18.0 Å². The highest BCUT2D eigenvalue weighted by atomic mass is 19.4. The average Bonchev–Trinajstić information content (AvgIpc) is 2.80. The molecule has 3 rings (SSSR count). The van der Waals surface area contributed by atoms with E-state index in [9.17, 15) is 18.0 Å². The Hall–Kier alpha value is -2.28. The van der Waals surface area contributed by atoms with Gasteiger partial charge in [-0.15, -0.1) is 0 Å². The summed E-state index contributed by atoms with van der Waals surface area (Å²) in [5, 5.41) is 9.55. The van der Waals surface area contributed by atoms with Gasteiger partial charge in [-0.25, -0.2) is 0 Å². The number of nitrogens with one attached hydrogen (secondary N) is 3. The topological polar surface area (TPSA) is 53.2 Å². The number of carbonyl (C=O) groups excluding carboxylic acids is 1. The zero-order valence-corrected chi connectivity index (χ0v) is 19.7. The minimum Gasteiger partial charge on any atom is -0.381 e. The zero-order valence-electron chi connectivity index (χ0n) is 19.7. The summed E-state index contributed by atoms with van der Waals surface area (Å²) in [6.07, 6.45) is 7.27. The predicted octanol–water partition coefficient (Wildman–Crippen LogP) is 5.49. The molecule has 1 aromatic rings. The van der Waals surface area contributed by atoms with E-state index < -0.39 is 11.7 Å². The van der Waals surface area contributed by atoms with E-state index in [2.05, 4.69) is 48.0 Å². The molecule has 0 bridgehead atoms. The molecule has 2 aliphatic rings. The van der Waals surface area contributed by atoms with E-state index in [1.54, 1.807) is 6.07 Å². The highest BCUT2D eigenvalue weighted by Gasteiger charge is 2.39. The Labute approximate surface area is 195 Å². The Balaban J connectivity index is 1.73. The van der Waals surface area contributed by atoms with Crippen LogP contribution in [0.4, 0.5) is 18.9 Å². The smallest absolute Gasteiger partial charge is 0.381 e. The number of hydrogen-bond donors (Lipinski definition) is 3. The maximum absolute atomic E-state index is 13.4. The van der Waals surface area contributed by atoms with Gasteiger partial charge in [-0.1, -0.05) is 38.2 Å². The first-order valence-electron chi connectivity index (χ1n) is 11.9. The fourth-order valence-electron chi connectivity index (χ4n) is 4.99. The summed E-state index contributed by atoms with van der Waals surface area (Å²) in [6, 6.07) is 4.23. The molecule has 0 saturated heterocycles. The summed E-state index contributed by atoms with van der Waals surface area (Å²) >= 11 is 0. The number of halogens is 3. The number of fused-ring (bicyclic) bond motifs is 1. The summed E-state index contributed by atoms with van der Waals surface area (Å²) in [5.41, 5.74) is 0.962. The van der Waals surface area contributed by atoms with Crippen molar-refractivity contribution in [1.82, 2.24) is 10.6 Å². The average molecular weight is 464 g/mol. The Kier molecular flexibility index (Phi) is 8.63. The van der Waals surface area contributed by atoms with Crippen LogP contribution in [0.5, 0.6) is 0 Å². The maximum atomic E-state index is 13.4. The lowest BCUT2D eigenvalue weighted by atomic mass is 9.70. The lowest BCUT2D eigenvalue weighted by Gasteiger charge is -2.43. The first-order chi connectivity index (χ1) is 15.7. The van der Waals surface area contributed by atoms with E-state index >= 15 is 0 Å². The molecule has 1 aromatic carbocycles. The lowest BCUT2D eigenvalue weighted by Crippen LogP contribution is -2.42. The highest BCUT2D eigenvalue weighted by molar-refractivity contribution is 5.76. The van der Waals surface area contributed by atoms with Gasteiger partial charge in [0, 0.05) is 37.2 Å². The Bertz CT molecular complexity index is 865. The standard InChI is InChI=1S/C26H36F3N3O/c1-17(16-31-24(33)13-14-30-3)9-11-21-18(2)22-15-20(26(27,28)29)10-12-23(22)32-25(21)19-7-5-4-6-8-19/h4-7,10,12,15,17-19,21,25,30,32H,8-9,11,13-14,16H2,1-3H3,(H,31,33)/t17-,18+,19?,21-,25+/m1/s1.